The van der Waals surface area contributed by atoms with Gasteiger partial charge in [-0.05, 0) is 19.3 Å². The Morgan fingerprint density at radius 1 is 1.38 bits per heavy atom. The molecule has 0 N–H and O–H groups in total. The summed E-state index contributed by atoms with van der Waals surface area (Å²) in [6, 6.07) is 0. The Morgan fingerprint density at radius 2 is 1.92 bits per heavy atom. The fourth-order valence-corrected chi connectivity index (χ4v) is 3.34. The first-order valence-electron chi connectivity index (χ1n) is 4.14. The maximum Gasteiger partial charge on any atom is 0.238 e. The lowest BCUT2D eigenvalue weighted by Crippen LogP contribution is -2.21. The molecule has 2 unspecified atom stereocenters. The molecule has 6 heteroatoms. The molecule has 1 saturated heterocycles. The van der Waals surface area contributed by atoms with E-state index in [0.29, 0.717) is 19.6 Å². The second kappa shape index (κ2) is 2.82. The van der Waals surface area contributed by atoms with Crippen molar-refractivity contribution >= 4 is 19.7 Å². The van der Waals surface area contributed by atoms with E-state index in [-0.39, 0.29) is 11.8 Å². The Balaban J connectivity index is 2.08. The lowest BCUT2D eigenvalue weighted by atomic mass is 10.1. The zero-order valence-corrected chi connectivity index (χ0v) is 8.77. The molecule has 1 aliphatic carbocycles. The number of rotatable bonds is 2. The SMILES string of the molecule is CC1(S(=O)(=O)Cl)CC1C1COOC1. The second-order valence-corrected chi connectivity index (χ2v) is 6.92. The standard InChI is InChI=1S/C7H11ClO4S/c1-7(13(8,9)10)2-6(7)5-3-11-12-4-5/h5-6H,2-4H2,1H3. The largest absolute Gasteiger partial charge is 0.238 e. The smallest absolute Gasteiger partial charge is 0.236 e. The average molecular weight is 227 g/mol. The molecular formula is C7H11ClO4S. The molecule has 1 saturated carbocycles. The predicted octanol–water partition coefficient (Wildman–Crippen LogP) is 0.912. The third kappa shape index (κ3) is 1.48. The fraction of sp³-hybridized carbons (Fsp3) is 1.00. The number of halogens is 1. The molecule has 1 aliphatic heterocycles. The Labute approximate surface area is 81.5 Å². The van der Waals surface area contributed by atoms with Crippen molar-refractivity contribution in [1.82, 2.24) is 0 Å². The van der Waals surface area contributed by atoms with Crippen LogP contribution >= 0.6 is 10.7 Å². The van der Waals surface area contributed by atoms with Gasteiger partial charge in [-0.25, -0.2) is 18.2 Å². The highest BCUT2D eigenvalue weighted by Gasteiger charge is 2.62. The molecule has 2 rings (SSSR count). The van der Waals surface area contributed by atoms with Gasteiger partial charge in [-0.15, -0.1) is 0 Å². The van der Waals surface area contributed by atoms with Crippen molar-refractivity contribution in [3.8, 4) is 0 Å². The van der Waals surface area contributed by atoms with Gasteiger partial charge in [0, 0.05) is 16.6 Å². The van der Waals surface area contributed by atoms with E-state index in [2.05, 4.69) is 0 Å². The van der Waals surface area contributed by atoms with Gasteiger partial charge < -0.3 is 0 Å². The van der Waals surface area contributed by atoms with E-state index in [1.54, 1.807) is 6.92 Å². The van der Waals surface area contributed by atoms with Gasteiger partial charge in [0.15, 0.2) is 0 Å². The first-order chi connectivity index (χ1) is 5.95. The summed E-state index contributed by atoms with van der Waals surface area (Å²) in [5, 5.41) is 0. The Morgan fingerprint density at radius 3 is 2.31 bits per heavy atom. The van der Waals surface area contributed by atoms with E-state index in [1.807, 2.05) is 0 Å². The van der Waals surface area contributed by atoms with Crippen LogP contribution in [0.5, 0.6) is 0 Å². The zero-order valence-electron chi connectivity index (χ0n) is 7.20. The third-order valence-corrected chi connectivity index (χ3v) is 5.66. The van der Waals surface area contributed by atoms with E-state index < -0.39 is 13.8 Å². The van der Waals surface area contributed by atoms with Crippen molar-refractivity contribution in [2.24, 2.45) is 11.8 Å². The molecule has 0 spiro atoms. The molecule has 0 aromatic rings. The highest BCUT2D eigenvalue weighted by atomic mass is 35.7. The minimum Gasteiger partial charge on any atom is -0.236 e. The van der Waals surface area contributed by atoms with Crippen LogP contribution in [0, 0.1) is 11.8 Å². The number of hydrogen-bond acceptors (Lipinski definition) is 4. The van der Waals surface area contributed by atoms with Crippen LogP contribution in [0.3, 0.4) is 0 Å². The van der Waals surface area contributed by atoms with Gasteiger partial charge in [-0.3, -0.25) is 0 Å². The van der Waals surface area contributed by atoms with Crippen LogP contribution in [-0.2, 0) is 18.8 Å². The van der Waals surface area contributed by atoms with Gasteiger partial charge in [0.2, 0.25) is 9.05 Å². The Bertz CT molecular complexity index is 308. The zero-order chi connectivity index (χ0) is 9.69. The van der Waals surface area contributed by atoms with Crippen LogP contribution in [0.25, 0.3) is 0 Å². The molecule has 0 aromatic heterocycles. The maximum absolute atomic E-state index is 11.2. The molecule has 2 fully saturated rings. The van der Waals surface area contributed by atoms with Gasteiger partial charge in [0.1, 0.15) is 0 Å². The fourth-order valence-electron chi connectivity index (χ4n) is 1.87. The van der Waals surface area contributed by atoms with Crippen molar-refractivity contribution in [2.75, 3.05) is 13.2 Å². The topological polar surface area (TPSA) is 52.6 Å². The lowest BCUT2D eigenvalue weighted by molar-refractivity contribution is -0.248. The van der Waals surface area contributed by atoms with E-state index in [9.17, 15) is 8.42 Å². The summed E-state index contributed by atoms with van der Waals surface area (Å²) in [7, 11) is 1.88. The molecule has 2 aliphatic rings. The molecule has 1 heterocycles. The van der Waals surface area contributed by atoms with Crippen LogP contribution in [0.4, 0.5) is 0 Å². The highest BCUT2D eigenvalue weighted by Crippen LogP contribution is 2.56. The molecule has 0 amide bonds. The van der Waals surface area contributed by atoms with Crippen LogP contribution < -0.4 is 0 Å². The maximum atomic E-state index is 11.2. The molecule has 13 heavy (non-hydrogen) atoms. The summed E-state index contributed by atoms with van der Waals surface area (Å²) in [6.45, 7) is 2.64. The van der Waals surface area contributed by atoms with E-state index in [4.69, 9.17) is 20.5 Å². The summed E-state index contributed by atoms with van der Waals surface area (Å²) in [5.41, 5.74) is 0. The first-order valence-corrected chi connectivity index (χ1v) is 6.45. The number of hydrogen-bond donors (Lipinski definition) is 0. The van der Waals surface area contributed by atoms with Crippen molar-refractivity contribution < 1.29 is 18.2 Å². The van der Waals surface area contributed by atoms with E-state index in [0.717, 1.165) is 0 Å². The average Bonchev–Trinajstić information content (AvgIpc) is 2.51. The molecule has 4 nitrogen and oxygen atoms in total. The Kier molecular flexibility index (Phi) is 2.11. The van der Waals surface area contributed by atoms with Crippen LogP contribution in [0.1, 0.15) is 13.3 Å². The van der Waals surface area contributed by atoms with Crippen molar-refractivity contribution in [1.29, 1.82) is 0 Å². The molecule has 0 radical (unpaired) electrons. The minimum atomic E-state index is -3.45. The first kappa shape index (κ1) is 9.71. The van der Waals surface area contributed by atoms with Crippen molar-refractivity contribution in [3.05, 3.63) is 0 Å². The molecule has 0 aromatic carbocycles. The van der Waals surface area contributed by atoms with Crippen molar-refractivity contribution in [3.63, 3.8) is 0 Å². The van der Waals surface area contributed by atoms with Crippen LogP contribution in [-0.4, -0.2) is 26.4 Å². The van der Waals surface area contributed by atoms with Crippen molar-refractivity contribution in [2.45, 2.75) is 18.1 Å². The van der Waals surface area contributed by atoms with Gasteiger partial charge in [-0.2, -0.15) is 0 Å². The molecular weight excluding hydrogens is 216 g/mol. The molecule has 2 atom stereocenters. The lowest BCUT2D eigenvalue weighted by Gasteiger charge is -2.09. The van der Waals surface area contributed by atoms with Gasteiger partial charge >= 0.3 is 0 Å². The highest BCUT2D eigenvalue weighted by molar-refractivity contribution is 8.15. The van der Waals surface area contributed by atoms with Crippen LogP contribution in [0.2, 0.25) is 0 Å². The Hall–Kier alpha value is 0.160. The summed E-state index contributed by atoms with van der Waals surface area (Å²) >= 11 is 0. The minimum absolute atomic E-state index is 0.0949. The molecule has 76 valence electrons. The normalized spacial score (nSPS) is 40.9. The predicted molar refractivity (Wildman–Crippen MR) is 46.7 cm³/mol. The summed E-state index contributed by atoms with van der Waals surface area (Å²) in [6.07, 6.45) is 0.621. The van der Waals surface area contributed by atoms with E-state index >= 15 is 0 Å². The summed E-state index contributed by atoms with van der Waals surface area (Å²) in [5.74, 6) is 0.274. The van der Waals surface area contributed by atoms with Gasteiger partial charge in [0.05, 0.1) is 18.0 Å². The molecule has 0 bridgehead atoms. The third-order valence-electron chi connectivity index (χ3n) is 3.02. The second-order valence-electron chi connectivity index (χ2n) is 3.89. The summed E-state index contributed by atoms with van der Waals surface area (Å²) in [4.78, 5) is 9.45. The van der Waals surface area contributed by atoms with E-state index in [1.165, 1.54) is 0 Å². The monoisotopic (exact) mass is 226 g/mol. The summed E-state index contributed by atoms with van der Waals surface area (Å²) < 4.78 is 21.6. The van der Waals surface area contributed by atoms with Gasteiger partial charge in [-0.1, -0.05) is 0 Å². The van der Waals surface area contributed by atoms with Gasteiger partial charge in [0.25, 0.3) is 0 Å². The van der Waals surface area contributed by atoms with Crippen LogP contribution in [0.15, 0.2) is 0 Å². The quantitative estimate of drug-likeness (QED) is 0.519.